The van der Waals surface area contributed by atoms with Crippen LogP contribution in [-0.4, -0.2) is 9.55 Å². The Labute approximate surface area is 97.2 Å². The van der Waals surface area contributed by atoms with E-state index in [9.17, 15) is 0 Å². The summed E-state index contributed by atoms with van der Waals surface area (Å²) in [7, 11) is 0. The quantitative estimate of drug-likeness (QED) is 0.830. The number of hydrogen-bond donors (Lipinski definition) is 0. The van der Waals surface area contributed by atoms with Crippen molar-refractivity contribution < 1.29 is 4.42 Å². The number of aromatic nitrogens is 2. The van der Waals surface area contributed by atoms with Crippen LogP contribution in [0.5, 0.6) is 0 Å². The Morgan fingerprint density at radius 2 is 2.13 bits per heavy atom. The molecule has 2 rings (SSSR count). The molecule has 0 radical (unpaired) electrons. The second-order valence-electron chi connectivity index (χ2n) is 3.78. The molecule has 0 aromatic carbocycles. The zero-order valence-corrected chi connectivity index (χ0v) is 10.6. The topological polar surface area (TPSA) is 31.0 Å². The molecule has 2 heterocycles. The van der Waals surface area contributed by atoms with Crippen LogP contribution >= 0.6 is 15.9 Å². The largest absolute Gasteiger partial charge is 0.458 e. The standard InChI is InChI=1S/C11H13BrN2O/c1-7(2)14-10(12)6-13-11(14)9-5-4-8(3)15-9/h4-7H,1-3H3. The third-order valence-electron chi connectivity index (χ3n) is 2.23. The van der Waals surface area contributed by atoms with Crippen molar-refractivity contribution in [2.45, 2.75) is 26.8 Å². The van der Waals surface area contributed by atoms with E-state index in [1.165, 1.54) is 0 Å². The summed E-state index contributed by atoms with van der Waals surface area (Å²) >= 11 is 3.48. The van der Waals surface area contributed by atoms with E-state index in [1.807, 2.05) is 19.1 Å². The average Bonchev–Trinajstić information content (AvgIpc) is 2.71. The fraction of sp³-hybridized carbons (Fsp3) is 0.364. The minimum absolute atomic E-state index is 0.349. The van der Waals surface area contributed by atoms with Gasteiger partial charge in [-0.15, -0.1) is 0 Å². The van der Waals surface area contributed by atoms with Crippen LogP contribution in [0.25, 0.3) is 11.6 Å². The summed E-state index contributed by atoms with van der Waals surface area (Å²) in [6, 6.07) is 4.24. The maximum atomic E-state index is 5.57. The maximum Gasteiger partial charge on any atom is 0.177 e. The van der Waals surface area contributed by atoms with Gasteiger partial charge in [0.2, 0.25) is 0 Å². The molecule has 0 saturated heterocycles. The summed E-state index contributed by atoms with van der Waals surface area (Å²) < 4.78 is 8.64. The Morgan fingerprint density at radius 3 is 2.67 bits per heavy atom. The number of halogens is 1. The lowest BCUT2D eigenvalue weighted by atomic mass is 10.3. The van der Waals surface area contributed by atoms with Crippen LogP contribution in [0.4, 0.5) is 0 Å². The van der Waals surface area contributed by atoms with Gasteiger partial charge >= 0.3 is 0 Å². The Hall–Kier alpha value is -1.03. The number of hydrogen-bond acceptors (Lipinski definition) is 2. The monoisotopic (exact) mass is 268 g/mol. The molecule has 0 saturated carbocycles. The highest BCUT2D eigenvalue weighted by Crippen LogP contribution is 2.27. The van der Waals surface area contributed by atoms with Crippen molar-refractivity contribution in [2.24, 2.45) is 0 Å². The Kier molecular flexibility index (Phi) is 2.69. The van der Waals surface area contributed by atoms with E-state index in [0.29, 0.717) is 6.04 Å². The first-order valence-corrected chi connectivity index (χ1v) is 5.68. The van der Waals surface area contributed by atoms with Crippen LogP contribution in [0.15, 0.2) is 27.3 Å². The van der Waals surface area contributed by atoms with Crippen molar-refractivity contribution in [3.8, 4) is 11.6 Å². The first kappa shape index (κ1) is 10.5. The van der Waals surface area contributed by atoms with Crippen LogP contribution in [0.3, 0.4) is 0 Å². The van der Waals surface area contributed by atoms with Gasteiger partial charge in [-0.1, -0.05) is 0 Å². The SMILES string of the molecule is Cc1ccc(-c2ncc(Br)n2C(C)C)o1. The lowest BCUT2D eigenvalue weighted by Crippen LogP contribution is -2.02. The molecular weight excluding hydrogens is 256 g/mol. The van der Waals surface area contributed by atoms with Crippen molar-refractivity contribution >= 4 is 15.9 Å². The van der Waals surface area contributed by atoms with Crippen molar-refractivity contribution in [1.82, 2.24) is 9.55 Å². The van der Waals surface area contributed by atoms with E-state index in [1.54, 1.807) is 6.20 Å². The van der Waals surface area contributed by atoms with Gasteiger partial charge in [-0.3, -0.25) is 0 Å². The first-order chi connectivity index (χ1) is 7.09. The first-order valence-electron chi connectivity index (χ1n) is 4.89. The van der Waals surface area contributed by atoms with Crippen molar-refractivity contribution in [3.63, 3.8) is 0 Å². The third kappa shape index (κ3) is 1.86. The molecule has 0 aliphatic carbocycles. The van der Waals surface area contributed by atoms with E-state index >= 15 is 0 Å². The molecule has 4 heteroatoms. The second-order valence-corrected chi connectivity index (χ2v) is 4.59. The molecule has 2 aromatic heterocycles. The van der Waals surface area contributed by atoms with Crippen LogP contribution in [0, 0.1) is 6.92 Å². The zero-order chi connectivity index (χ0) is 11.0. The molecule has 0 atom stereocenters. The molecule has 15 heavy (non-hydrogen) atoms. The summed E-state index contributed by atoms with van der Waals surface area (Å²) in [6.07, 6.45) is 1.80. The average molecular weight is 269 g/mol. The van der Waals surface area contributed by atoms with Crippen LogP contribution in [-0.2, 0) is 0 Å². The number of nitrogens with zero attached hydrogens (tertiary/aromatic N) is 2. The van der Waals surface area contributed by atoms with Gasteiger partial charge in [0.1, 0.15) is 10.4 Å². The number of aryl methyl sites for hydroxylation is 1. The van der Waals surface area contributed by atoms with Gasteiger partial charge in [-0.25, -0.2) is 4.98 Å². The second kappa shape index (κ2) is 3.85. The molecule has 0 aliphatic rings. The highest BCUT2D eigenvalue weighted by atomic mass is 79.9. The van der Waals surface area contributed by atoms with E-state index in [-0.39, 0.29) is 0 Å². The number of rotatable bonds is 2. The summed E-state index contributed by atoms with van der Waals surface area (Å²) in [5.41, 5.74) is 0. The van der Waals surface area contributed by atoms with Gasteiger partial charge in [0.25, 0.3) is 0 Å². The van der Waals surface area contributed by atoms with Gasteiger partial charge in [-0.2, -0.15) is 0 Å². The number of furan rings is 1. The minimum atomic E-state index is 0.349. The highest BCUT2D eigenvalue weighted by molar-refractivity contribution is 9.10. The fourth-order valence-electron chi connectivity index (χ4n) is 1.57. The Balaban J connectivity index is 2.53. The predicted molar refractivity (Wildman–Crippen MR) is 62.8 cm³/mol. The molecule has 0 unspecified atom stereocenters. The predicted octanol–water partition coefficient (Wildman–Crippen LogP) is 3.79. The lowest BCUT2D eigenvalue weighted by Gasteiger charge is -2.11. The highest BCUT2D eigenvalue weighted by Gasteiger charge is 2.15. The summed E-state index contributed by atoms with van der Waals surface area (Å²) in [6.45, 7) is 6.17. The van der Waals surface area contributed by atoms with Crippen LogP contribution < -0.4 is 0 Å². The Bertz CT molecular complexity index is 471. The maximum absolute atomic E-state index is 5.57. The molecule has 0 spiro atoms. The smallest absolute Gasteiger partial charge is 0.177 e. The molecule has 0 amide bonds. The minimum Gasteiger partial charge on any atom is -0.458 e. The normalized spacial score (nSPS) is 11.3. The molecule has 3 nitrogen and oxygen atoms in total. The van der Waals surface area contributed by atoms with Gasteiger partial charge in [0, 0.05) is 6.04 Å². The van der Waals surface area contributed by atoms with Crippen LogP contribution in [0.1, 0.15) is 25.6 Å². The molecule has 80 valence electrons. The molecular formula is C11H13BrN2O. The third-order valence-corrected chi connectivity index (χ3v) is 2.82. The van der Waals surface area contributed by atoms with Gasteiger partial charge < -0.3 is 8.98 Å². The lowest BCUT2D eigenvalue weighted by molar-refractivity contribution is 0.526. The van der Waals surface area contributed by atoms with Crippen molar-refractivity contribution in [3.05, 3.63) is 28.7 Å². The zero-order valence-electron chi connectivity index (χ0n) is 8.99. The van der Waals surface area contributed by atoms with E-state index in [2.05, 4.69) is 39.3 Å². The van der Waals surface area contributed by atoms with E-state index in [4.69, 9.17) is 4.42 Å². The summed E-state index contributed by atoms with van der Waals surface area (Å²) in [4.78, 5) is 4.34. The fourth-order valence-corrected chi connectivity index (χ4v) is 2.25. The molecule has 0 fully saturated rings. The van der Waals surface area contributed by atoms with Crippen molar-refractivity contribution in [2.75, 3.05) is 0 Å². The van der Waals surface area contributed by atoms with Gasteiger partial charge in [-0.05, 0) is 48.8 Å². The molecule has 0 aliphatic heterocycles. The summed E-state index contributed by atoms with van der Waals surface area (Å²) in [5.74, 6) is 2.58. The van der Waals surface area contributed by atoms with Crippen LogP contribution in [0.2, 0.25) is 0 Å². The summed E-state index contributed by atoms with van der Waals surface area (Å²) in [5, 5.41) is 0. The number of imidazole rings is 1. The Morgan fingerprint density at radius 1 is 1.40 bits per heavy atom. The molecule has 2 aromatic rings. The van der Waals surface area contributed by atoms with Gasteiger partial charge in [0.05, 0.1) is 6.20 Å². The van der Waals surface area contributed by atoms with Gasteiger partial charge in [0.15, 0.2) is 11.6 Å². The molecule has 0 bridgehead atoms. The van der Waals surface area contributed by atoms with E-state index in [0.717, 1.165) is 21.9 Å². The van der Waals surface area contributed by atoms with Crippen molar-refractivity contribution in [1.29, 1.82) is 0 Å². The molecule has 0 N–H and O–H groups in total. The van der Waals surface area contributed by atoms with E-state index < -0.39 is 0 Å².